The van der Waals surface area contributed by atoms with Crippen LogP contribution in [-0.2, 0) is 19.6 Å². The van der Waals surface area contributed by atoms with E-state index >= 15 is 0 Å². The average molecular weight is 399 g/mol. The van der Waals surface area contributed by atoms with Gasteiger partial charge in [-0.1, -0.05) is 6.92 Å². The number of nitrogens with one attached hydrogen (secondary N) is 1. The number of carbonyl (C=O) groups excluding carboxylic acids is 1. The molecule has 0 aliphatic carbocycles. The molecule has 1 unspecified atom stereocenters. The Morgan fingerprint density at radius 3 is 2.44 bits per heavy atom. The van der Waals surface area contributed by atoms with Gasteiger partial charge in [0.15, 0.2) is 0 Å². The summed E-state index contributed by atoms with van der Waals surface area (Å²) in [6.07, 6.45) is 0.212. The van der Waals surface area contributed by atoms with Gasteiger partial charge in [-0.2, -0.15) is 0 Å². The number of nitrogens with zero attached hydrogens (tertiary/aromatic N) is 2. The van der Waals surface area contributed by atoms with Gasteiger partial charge in [0.25, 0.3) is 5.91 Å². The first kappa shape index (κ1) is 21.1. The second-order valence-corrected chi connectivity index (χ2v) is 8.49. The maximum atomic E-state index is 12.8. The lowest BCUT2D eigenvalue weighted by Crippen LogP contribution is -2.42. The SMILES string of the molecule is CCC(NC(=O)c1cc(S(=O)(=O)N(C)C)ccc1N1CCOCC1)C(=O)O. The Hall–Kier alpha value is -2.17. The number of amides is 1. The van der Waals surface area contributed by atoms with Gasteiger partial charge in [-0.25, -0.2) is 17.5 Å². The molecule has 1 saturated heterocycles. The molecule has 0 bridgehead atoms. The largest absolute Gasteiger partial charge is 0.480 e. The highest BCUT2D eigenvalue weighted by atomic mass is 32.2. The van der Waals surface area contributed by atoms with Gasteiger partial charge in [-0.3, -0.25) is 4.79 Å². The summed E-state index contributed by atoms with van der Waals surface area (Å²) >= 11 is 0. The topological polar surface area (TPSA) is 116 Å². The van der Waals surface area contributed by atoms with Crippen LogP contribution >= 0.6 is 0 Å². The zero-order valence-corrected chi connectivity index (χ0v) is 16.5. The van der Waals surface area contributed by atoms with Crippen molar-refractivity contribution in [2.24, 2.45) is 0 Å². The summed E-state index contributed by atoms with van der Waals surface area (Å²) in [6, 6.07) is 3.28. The fourth-order valence-electron chi connectivity index (χ4n) is 2.72. The van der Waals surface area contributed by atoms with E-state index in [-0.39, 0.29) is 16.9 Å². The molecule has 1 aliphatic rings. The van der Waals surface area contributed by atoms with E-state index in [0.717, 1.165) is 4.31 Å². The van der Waals surface area contributed by atoms with Crippen molar-refractivity contribution in [3.05, 3.63) is 23.8 Å². The van der Waals surface area contributed by atoms with Crippen molar-refractivity contribution in [1.29, 1.82) is 0 Å². The van der Waals surface area contributed by atoms with Crippen LogP contribution < -0.4 is 10.2 Å². The molecule has 0 aromatic heterocycles. The quantitative estimate of drug-likeness (QED) is 0.680. The maximum absolute atomic E-state index is 12.8. The third-order valence-electron chi connectivity index (χ3n) is 4.35. The smallest absolute Gasteiger partial charge is 0.326 e. The first-order valence-electron chi connectivity index (χ1n) is 8.61. The van der Waals surface area contributed by atoms with Crippen LogP contribution in [0.2, 0.25) is 0 Å². The number of ether oxygens (including phenoxy) is 1. The first-order chi connectivity index (χ1) is 12.7. The fourth-order valence-corrected chi connectivity index (χ4v) is 3.65. The van der Waals surface area contributed by atoms with E-state index in [2.05, 4.69) is 5.32 Å². The molecule has 1 amide bonds. The molecule has 1 heterocycles. The number of carbonyl (C=O) groups is 2. The van der Waals surface area contributed by atoms with Gasteiger partial charge in [-0.05, 0) is 24.6 Å². The lowest BCUT2D eigenvalue weighted by atomic mass is 10.1. The van der Waals surface area contributed by atoms with Crippen LogP contribution in [0.5, 0.6) is 0 Å². The predicted octanol–water partition coefficient (Wildman–Crippen LogP) is 0.367. The van der Waals surface area contributed by atoms with Crippen molar-refractivity contribution in [1.82, 2.24) is 9.62 Å². The first-order valence-corrected chi connectivity index (χ1v) is 10.1. The molecule has 1 aromatic carbocycles. The number of aliphatic carboxylic acids is 1. The number of rotatable bonds is 7. The zero-order chi connectivity index (χ0) is 20.2. The highest BCUT2D eigenvalue weighted by Crippen LogP contribution is 2.26. The molecule has 0 saturated carbocycles. The van der Waals surface area contributed by atoms with Crippen molar-refractivity contribution >= 4 is 27.6 Å². The Labute approximate surface area is 159 Å². The molecule has 1 aromatic rings. The number of sulfonamides is 1. The summed E-state index contributed by atoms with van der Waals surface area (Å²) in [5.41, 5.74) is 0.674. The minimum absolute atomic E-state index is 0.0296. The van der Waals surface area contributed by atoms with Crippen LogP contribution in [-0.4, -0.2) is 76.1 Å². The van der Waals surface area contributed by atoms with Crippen LogP contribution in [0.15, 0.2) is 23.1 Å². The third-order valence-corrected chi connectivity index (χ3v) is 6.17. The Morgan fingerprint density at radius 2 is 1.93 bits per heavy atom. The number of carboxylic acid groups (broad SMARTS) is 1. The van der Waals surface area contributed by atoms with Crippen molar-refractivity contribution in [3.63, 3.8) is 0 Å². The maximum Gasteiger partial charge on any atom is 0.326 e. The lowest BCUT2D eigenvalue weighted by Gasteiger charge is -2.31. The molecular weight excluding hydrogens is 374 g/mol. The van der Waals surface area contributed by atoms with Crippen molar-refractivity contribution in [2.45, 2.75) is 24.3 Å². The lowest BCUT2D eigenvalue weighted by molar-refractivity contribution is -0.139. The fraction of sp³-hybridized carbons (Fsp3) is 0.529. The van der Waals surface area contributed by atoms with Gasteiger partial charge >= 0.3 is 5.97 Å². The molecule has 2 N–H and O–H groups in total. The van der Waals surface area contributed by atoms with Gasteiger partial charge in [-0.15, -0.1) is 0 Å². The van der Waals surface area contributed by atoms with E-state index in [9.17, 15) is 23.1 Å². The molecule has 9 nitrogen and oxygen atoms in total. The summed E-state index contributed by atoms with van der Waals surface area (Å²) in [5, 5.41) is 11.7. The van der Waals surface area contributed by atoms with Gasteiger partial charge in [0.05, 0.1) is 23.7 Å². The van der Waals surface area contributed by atoms with Gasteiger partial charge < -0.3 is 20.1 Å². The number of morpholine rings is 1. The van der Waals surface area contributed by atoms with E-state index in [1.54, 1.807) is 13.0 Å². The number of hydrogen-bond donors (Lipinski definition) is 2. The molecule has 1 fully saturated rings. The Kier molecular flexibility index (Phi) is 6.79. The van der Waals surface area contributed by atoms with E-state index in [1.807, 2.05) is 4.90 Å². The third kappa shape index (κ3) is 4.76. The summed E-state index contributed by atoms with van der Waals surface area (Å²) in [6.45, 7) is 3.73. The minimum atomic E-state index is -3.74. The van der Waals surface area contributed by atoms with Crippen LogP contribution in [0.4, 0.5) is 5.69 Å². The van der Waals surface area contributed by atoms with Crippen LogP contribution in [0.3, 0.4) is 0 Å². The normalized spacial score (nSPS) is 16.2. The second kappa shape index (κ2) is 8.68. The summed E-state index contributed by atoms with van der Waals surface area (Å²) in [5.74, 6) is -1.77. The van der Waals surface area contributed by atoms with Crippen molar-refractivity contribution < 1.29 is 27.9 Å². The number of anilines is 1. The number of hydrogen-bond acceptors (Lipinski definition) is 6. The van der Waals surface area contributed by atoms with E-state index in [4.69, 9.17) is 4.74 Å². The van der Waals surface area contributed by atoms with Gasteiger partial charge in [0.1, 0.15) is 6.04 Å². The molecule has 1 atom stereocenters. The number of benzene rings is 1. The summed E-state index contributed by atoms with van der Waals surface area (Å²) < 4.78 is 31.3. The van der Waals surface area contributed by atoms with Gasteiger partial charge in [0.2, 0.25) is 10.0 Å². The summed E-state index contributed by atoms with van der Waals surface area (Å²) in [7, 11) is -0.926. The molecule has 0 spiro atoms. The second-order valence-electron chi connectivity index (χ2n) is 6.34. The standard InChI is InChI=1S/C17H25N3O6S/c1-4-14(17(22)23)18-16(21)13-11-12(27(24,25)19(2)3)5-6-15(13)20-7-9-26-10-8-20/h5-6,11,14H,4,7-10H2,1-3H3,(H,18,21)(H,22,23). The predicted molar refractivity (Wildman–Crippen MR) is 99.5 cm³/mol. The van der Waals surface area contributed by atoms with Crippen LogP contribution in [0, 0.1) is 0 Å². The van der Waals surface area contributed by atoms with Crippen LogP contribution in [0.1, 0.15) is 23.7 Å². The molecule has 0 radical (unpaired) electrons. The monoisotopic (exact) mass is 399 g/mol. The number of carboxylic acids is 1. The Bertz CT molecular complexity index is 803. The van der Waals surface area contributed by atoms with Crippen molar-refractivity contribution in [2.75, 3.05) is 45.3 Å². The molecule has 1 aliphatic heterocycles. The molecule has 2 rings (SSSR count). The molecular formula is C17H25N3O6S. The van der Waals surface area contributed by atoms with E-state index in [1.165, 1.54) is 26.2 Å². The summed E-state index contributed by atoms with van der Waals surface area (Å²) in [4.78, 5) is 25.9. The van der Waals surface area contributed by atoms with Crippen LogP contribution in [0.25, 0.3) is 0 Å². The van der Waals surface area contributed by atoms with E-state index in [0.29, 0.717) is 32.0 Å². The molecule has 150 valence electrons. The Morgan fingerprint density at radius 1 is 1.30 bits per heavy atom. The average Bonchev–Trinajstić information content (AvgIpc) is 2.65. The van der Waals surface area contributed by atoms with E-state index < -0.39 is 27.9 Å². The van der Waals surface area contributed by atoms with Crippen molar-refractivity contribution in [3.8, 4) is 0 Å². The molecule has 27 heavy (non-hydrogen) atoms. The van der Waals surface area contributed by atoms with Gasteiger partial charge in [0, 0.05) is 32.9 Å². The minimum Gasteiger partial charge on any atom is -0.480 e. The highest BCUT2D eigenvalue weighted by molar-refractivity contribution is 7.89. The zero-order valence-electron chi connectivity index (χ0n) is 15.6. The molecule has 10 heteroatoms. The highest BCUT2D eigenvalue weighted by Gasteiger charge is 2.26. The Balaban J connectivity index is 2.48.